The lowest BCUT2D eigenvalue weighted by Crippen LogP contribution is -2.17. The van der Waals surface area contributed by atoms with E-state index in [0.29, 0.717) is 15.7 Å². The molecule has 21 heavy (non-hydrogen) atoms. The summed E-state index contributed by atoms with van der Waals surface area (Å²) in [4.78, 5) is 2.16. The molecule has 0 aliphatic heterocycles. The van der Waals surface area contributed by atoms with E-state index in [4.69, 9.17) is 33.7 Å². The number of anilines is 1. The fraction of sp³-hybridized carbons (Fsp3) is 0.250. The lowest BCUT2D eigenvalue weighted by molar-refractivity contribution is 0.310. The lowest BCUT2D eigenvalue weighted by Gasteiger charge is -2.19. The van der Waals surface area contributed by atoms with Crippen LogP contribution in [0, 0.1) is 0 Å². The lowest BCUT2D eigenvalue weighted by atomic mass is 10.1. The van der Waals surface area contributed by atoms with Gasteiger partial charge in [-0.15, -0.1) is 0 Å². The van der Waals surface area contributed by atoms with E-state index in [9.17, 15) is 0 Å². The Kier molecular flexibility index (Phi) is 5.34. The van der Waals surface area contributed by atoms with Crippen molar-refractivity contribution in [1.82, 2.24) is 4.90 Å². The molecule has 0 saturated carbocycles. The molecular weight excluding hydrogens is 307 g/mol. The highest BCUT2D eigenvalue weighted by Crippen LogP contribution is 2.29. The molecule has 0 spiro atoms. The maximum absolute atomic E-state index is 6.06. The summed E-state index contributed by atoms with van der Waals surface area (Å²) in [5, 5.41) is 0.978. The predicted octanol–water partition coefficient (Wildman–Crippen LogP) is 4.22. The Hall–Kier alpha value is -1.42. The molecule has 0 amide bonds. The first-order chi connectivity index (χ1) is 10.0. The van der Waals surface area contributed by atoms with Crippen LogP contribution >= 0.6 is 23.2 Å². The molecule has 112 valence electrons. The zero-order valence-corrected chi connectivity index (χ0v) is 13.6. The van der Waals surface area contributed by atoms with Crippen LogP contribution in [0.3, 0.4) is 0 Å². The molecule has 0 atom stereocenters. The summed E-state index contributed by atoms with van der Waals surface area (Å²) in [5.41, 5.74) is 8.33. The first-order valence-corrected chi connectivity index (χ1v) is 7.30. The highest BCUT2D eigenvalue weighted by molar-refractivity contribution is 6.38. The zero-order valence-electron chi connectivity index (χ0n) is 12.1. The Morgan fingerprint density at radius 1 is 1.10 bits per heavy atom. The van der Waals surface area contributed by atoms with Crippen LogP contribution in [0.15, 0.2) is 36.4 Å². The van der Waals surface area contributed by atoms with E-state index in [1.54, 1.807) is 7.11 Å². The van der Waals surface area contributed by atoms with Crippen LogP contribution in [0.2, 0.25) is 10.0 Å². The normalized spacial score (nSPS) is 10.9. The minimum Gasteiger partial charge on any atom is -0.496 e. The Labute approximate surface area is 135 Å². The number of nitrogens with zero attached hydrogens (tertiary/aromatic N) is 1. The van der Waals surface area contributed by atoms with E-state index in [2.05, 4.69) is 11.0 Å². The van der Waals surface area contributed by atoms with Gasteiger partial charge in [0.25, 0.3) is 0 Å². The number of halogens is 2. The van der Waals surface area contributed by atoms with Gasteiger partial charge in [-0.2, -0.15) is 0 Å². The topological polar surface area (TPSA) is 38.5 Å². The smallest absolute Gasteiger partial charge is 0.123 e. The maximum Gasteiger partial charge on any atom is 0.123 e. The summed E-state index contributed by atoms with van der Waals surface area (Å²) in [6, 6.07) is 11.7. The Bertz CT molecular complexity index is 608. The number of hydrogen-bond acceptors (Lipinski definition) is 3. The number of benzene rings is 2. The van der Waals surface area contributed by atoms with Gasteiger partial charge in [0.1, 0.15) is 5.75 Å². The second-order valence-corrected chi connectivity index (χ2v) is 5.77. The quantitative estimate of drug-likeness (QED) is 0.837. The van der Waals surface area contributed by atoms with Crippen molar-refractivity contribution < 1.29 is 4.74 Å². The second-order valence-electron chi connectivity index (χ2n) is 4.96. The van der Waals surface area contributed by atoms with Gasteiger partial charge in [0, 0.05) is 18.7 Å². The molecular formula is C16H18Cl2N2O. The second kappa shape index (κ2) is 7.03. The Morgan fingerprint density at radius 2 is 1.71 bits per heavy atom. The van der Waals surface area contributed by atoms with Crippen molar-refractivity contribution in [1.29, 1.82) is 0 Å². The number of nitrogen functional groups attached to an aromatic ring is 1. The molecule has 0 heterocycles. The number of methoxy groups -OCH3 is 1. The molecule has 2 aromatic carbocycles. The summed E-state index contributed by atoms with van der Waals surface area (Å²) < 4.78 is 5.36. The van der Waals surface area contributed by atoms with Crippen molar-refractivity contribution in [2.45, 2.75) is 13.1 Å². The third kappa shape index (κ3) is 4.03. The van der Waals surface area contributed by atoms with E-state index in [0.717, 1.165) is 30.0 Å². The average Bonchev–Trinajstić information content (AvgIpc) is 2.45. The van der Waals surface area contributed by atoms with Crippen LogP contribution in [0.4, 0.5) is 5.69 Å². The summed E-state index contributed by atoms with van der Waals surface area (Å²) in [6.07, 6.45) is 0. The minimum absolute atomic E-state index is 0.425. The fourth-order valence-corrected chi connectivity index (χ4v) is 2.75. The fourth-order valence-electron chi connectivity index (χ4n) is 2.22. The van der Waals surface area contributed by atoms with Gasteiger partial charge in [-0.05, 0) is 30.8 Å². The molecule has 3 nitrogen and oxygen atoms in total. The standard InChI is InChI=1S/C16H18Cl2N2O/c1-20(10-12-5-3-4-6-15(12)21-2)9-11-7-13(17)16(19)14(18)8-11/h3-8H,9-10,19H2,1-2H3. The first-order valence-electron chi connectivity index (χ1n) is 6.55. The highest BCUT2D eigenvalue weighted by Gasteiger charge is 2.09. The molecule has 2 rings (SSSR count). The van der Waals surface area contributed by atoms with E-state index >= 15 is 0 Å². The monoisotopic (exact) mass is 324 g/mol. The molecule has 5 heteroatoms. The number of rotatable bonds is 5. The van der Waals surface area contributed by atoms with Crippen LogP contribution in [0.25, 0.3) is 0 Å². The van der Waals surface area contributed by atoms with Gasteiger partial charge < -0.3 is 10.5 Å². The van der Waals surface area contributed by atoms with Gasteiger partial charge in [0.15, 0.2) is 0 Å². The van der Waals surface area contributed by atoms with Gasteiger partial charge in [-0.25, -0.2) is 0 Å². The van der Waals surface area contributed by atoms with Gasteiger partial charge in [-0.3, -0.25) is 4.90 Å². The molecule has 0 bridgehead atoms. The Morgan fingerprint density at radius 3 is 2.33 bits per heavy atom. The summed E-state index contributed by atoms with van der Waals surface area (Å²) >= 11 is 12.1. The maximum atomic E-state index is 6.06. The van der Waals surface area contributed by atoms with E-state index in [1.807, 2.05) is 37.4 Å². The molecule has 0 aliphatic rings. The van der Waals surface area contributed by atoms with Crippen molar-refractivity contribution in [3.8, 4) is 5.75 Å². The van der Waals surface area contributed by atoms with Crippen molar-refractivity contribution >= 4 is 28.9 Å². The van der Waals surface area contributed by atoms with Crippen LogP contribution in [0.5, 0.6) is 5.75 Å². The Balaban J connectivity index is 2.10. The van der Waals surface area contributed by atoms with Crippen molar-refractivity contribution in [3.63, 3.8) is 0 Å². The average molecular weight is 325 g/mol. The first kappa shape index (κ1) is 16.0. The van der Waals surface area contributed by atoms with Gasteiger partial charge in [0.2, 0.25) is 0 Å². The van der Waals surface area contributed by atoms with Crippen molar-refractivity contribution in [2.24, 2.45) is 0 Å². The highest BCUT2D eigenvalue weighted by atomic mass is 35.5. The number of nitrogens with two attached hydrogens (primary N) is 1. The van der Waals surface area contributed by atoms with Crippen molar-refractivity contribution in [2.75, 3.05) is 19.9 Å². The third-order valence-corrected chi connectivity index (χ3v) is 3.85. The molecule has 0 unspecified atom stereocenters. The van der Waals surface area contributed by atoms with Crippen molar-refractivity contribution in [3.05, 3.63) is 57.6 Å². The van der Waals surface area contributed by atoms with Crippen LogP contribution < -0.4 is 10.5 Å². The molecule has 0 fully saturated rings. The molecule has 0 aliphatic carbocycles. The summed E-state index contributed by atoms with van der Waals surface area (Å²) in [7, 11) is 3.71. The number of ether oxygens (including phenoxy) is 1. The molecule has 0 aromatic heterocycles. The zero-order chi connectivity index (χ0) is 15.4. The molecule has 2 N–H and O–H groups in total. The van der Waals surface area contributed by atoms with E-state index in [-0.39, 0.29) is 0 Å². The molecule has 0 radical (unpaired) electrons. The van der Waals surface area contributed by atoms with Crippen LogP contribution in [0.1, 0.15) is 11.1 Å². The summed E-state index contributed by atoms with van der Waals surface area (Å²) in [5.74, 6) is 0.887. The molecule has 2 aromatic rings. The van der Waals surface area contributed by atoms with Gasteiger partial charge >= 0.3 is 0 Å². The largest absolute Gasteiger partial charge is 0.496 e. The van der Waals surface area contributed by atoms with E-state index in [1.165, 1.54) is 0 Å². The van der Waals surface area contributed by atoms with Gasteiger partial charge in [0.05, 0.1) is 22.8 Å². The number of hydrogen-bond donors (Lipinski definition) is 1. The molecule has 0 saturated heterocycles. The predicted molar refractivity (Wildman–Crippen MR) is 89.0 cm³/mol. The summed E-state index contributed by atoms with van der Waals surface area (Å²) in [6.45, 7) is 1.49. The van der Waals surface area contributed by atoms with E-state index < -0.39 is 0 Å². The minimum atomic E-state index is 0.425. The van der Waals surface area contributed by atoms with Gasteiger partial charge in [-0.1, -0.05) is 41.4 Å². The third-order valence-electron chi connectivity index (χ3n) is 3.22. The van der Waals surface area contributed by atoms with Crippen LogP contribution in [-0.4, -0.2) is 19.1 Å². The SMILES string of the molecule is COc1ccccc1CN(C)Cc1cc(Cl)c(N)c(Cl)c1. The van der Waals surface area contributed by atoms with Crippen LogP contribution in [-0.2, 0) is 13.1 Å². The number of para-hydroxylation sites is 1.